The number of ketones is 1. The van der Waals surface area contributed by atoms with Gasteiger partial charge >= 0.3 is 5.97 Å². The van der Waals surface area contributed by atoms with Gasteiger partial charge in [-0.3, -0.25) is 9.59 Å². The number of phenolic OH excluding ortho intramolecular Hbond substituents is 1. The summed E-state index contributed by atoms with van der Waals surface area (Å²) in [7, 11) is 1.45. The summed E-state index contributed by atoms with van der Waals surface area (Å²) in [4.78, 5) is 26.9. The molecule has 9 atom stereocenters. The Morgan fingerprint density at radius 2 is 1.85 bits per heavy atom. The number of aliphatic hydroxyl groups is 1. The lowest BCUT2D eigenvalue weighted by molar-refractivity contribution is -0.428. The molecular weight excluding hydrogens is 588 g/mol. The molecule has 2 heterocycles. The van der Waals surface area contributed by atoms with Crippen LogP contribution in [0.2, 0.25) is 0 Å². The van der Waals surface area contributed by atoms with Crippen LogP contribution in [-0.4, -0.2) is 64.6 Å². The number of ether oxygens (including phenoxy) is 5. The molecule has 9 heteroatoms. The zero-order valence-electron chi connectivity index (χ0n) is 27.2. The van der Waals surface area contributed by atoms with Crippen LogP contribution in [0.25, 0.3) is 0 Å². The van der Waals surface area contributed by atoms with Crippen LogP contribution in [0.5, 0.6) is 11.5 Å². The van der Waals surface area contributed by atoms with Crippen molar-refractivity contribution < 1.29 is 43.5 Å². The maximum Gasteiger partial charge on any atom is 0.310 e. The molecule has 2 aromatic rings. The quantitative estimate of drug-likeness (QED) is 0.309. The monoisotopic (exact) mass is 632 g/mol. The first-order valence-electron chi connectivity index (χ1n) is 16.5. The summed E-state index contributed by atoms with van der Waals surface area (Å²) >= 11 is 0. The van der Waals surface area contributed by atoms with Crippen molar-refractivity contribution in [3.05, 3.63) is 71.3 Å². The van der Waals surface area contributed by atoms with Crippen molar-refractivity contribution in [1.82, 2.24) is 0 Å². The van der Waals surface area contributed by atoms with Gasteiger partial charge in [0.15, 0.2) is 17.3 Å². The van der Waals surface area contributed by atoms with Gasteiger partial charge in [0.2, 0.25) is 0 Å². The van der Waals surface area contributed by atoms with Crippen molar-refractivity contribution in [3.63, 3.8) is 0 Å². The van der Waals surface area contributed by atoms with Gasteiger partial charge in [0, 0.05) is 17.8 Å². The Morgan fingerprint density at radius 1 is 1.09 bits per heavy atom. The highest BCUT2D eigenvalue weighted by Crippen LogP contribution is 2.69. The van der Waals surface area contributed by atoms with Gasteiger partial charge in [-0.2, -0.15) is 0 Å². The minimum atomic E-state index is -1.78. The van der Waals surface area contributed by atoms with Crippen LogP contribution < -0.4 is 4.74 Å². The van der Waals surface area contributed by atoms with Gasteiger partial charge in [0.25, 0.3) is 5.97 Å². The molecule has 9 nitrogen and oxygen atoms in total. The van der Waals surface area contributed by atoms with Crippen LogP contribution in [0, 0.1) is 29.6 Å². The molecule has 2 aliphatic heterocycles. The second-order valence-electron chi connectivity index (χ2n) is 14.5. The van der Waals surface area contributed by atoms with E-state index in [9.17, 15) is 19.8 Å². The minimum Gasteiger partial charge on any atom is -0.504 e. The smallest absolute Gasteiger partial charge is 0.310 e. The molecule has 5 aliphatic rings. The Labute approximate surface area is 269 Å². The number of Topliss-reactive ketones (excluding diaryl/α,β-unsaturated/α-hetero) is 1. The van der Waals surface area contributed by atoms with E-state index in [0.717, 1.165) is 5.56 Å². The van der Waals surface area contributed by atoms with E-state index in [0.29, 0.717) is 36.8 Å². The van der Waals surface area contributed by atoms with Crippen LogP contribution in [0.1, 0.15) is 58.1 Å². The van der Waals surface area contributed by atoms with E-state index in [1.54, 1.807) is 18.2 Å². The maximum atomic E-state index is 13.8. The molecule has 246 valence electrons. The molecular formula is C37H44O9. The minimum absolute atomic E-state index is 0.0151. The predicted octanol–water partition coefficient (Wildman–Crippen LogP) is 4.90. The lowest BCUT2D eigenvalue weighted by atomic mass is 9.53. The Morgan fingerprint density at radius 3 is 2.57 bits per heavy atom. The third-order valence-electron chi connectivity index (χ3n) is 11.5. The van der Waals surface area contributed by atoms with Crippen molar-refractivity contribution in [1.29, 1.82) is 0 Å². The summed E-state index contributed by atoms with van der Waals surface area (Å²) in [5, 5.41) is 22.4. The van der Waals surface area contributed by atoms with Gasteiger partial charge in [-0.15, -0.1) is 0 Å². The molecule has 3 aliphatic carbocycles. The lowest BCUT2D eigenvalue weighted by Crippen LogP contribution is -2.71. The molecule has 2 saturated heterocycles. The third kappa shape index (κ3) is 4.57. The van der Waals surface area contributed by atoms with E-state index in [4.69, 9.17) is 23.7 Å². The number of carbonyl (C=O) groups is 2. The number of phenols is 1. The number of fused-ring (bicyclic) bond motifs is 2. The summed E-state index contributed by atoms with van der Waals surface area (Å²) in [5.74, 6) is -2.88. The Balaban J connectivity index is 1.24. The fraction of sp³-hybridized carbons (Fsp3) is 0.568. The number of carbonyl (C=O) groups excluding carboxylic acids is 2. The number of esters is 1. The Kier molecular flexibility index (Phi) is 7.44. The largest absolute Gasteiger partial charge is 0.504 e. The first-order chi connectivity index (χ1) is 21.9. The molecule has 7 rings (SSSR count). The second-order valence-corrected chi connectivity index (χ2v) is 14.5. The maximum absolute atomic E-state index is 13.8. The number of rotatable bonds is 8. The van der Waals surface area contributed by atoms with Gasteiger partial charge in [0.1, 0.15) is 17.8 Å². The van der Waals surface area contributed by atoms with Gasteiger partial charge in [-0.25, -0.2) is 0 Å². The van der Waals surface area contributed by atoms with Gasteiger partial charge in [0.05, 0.1) is 31.7 Å². The number of hydrogen-bond acceptors (Lipinski definition) is 9. The number of benzene rings is 2. The fourth-order valence-corrected chi connectivity index (χ4v) is 9.44. The summed E-state index contributed by atoms with van der Waals surface area (Å²) in [6, 6.07) is 14.7. The van der Waals surface area contributed by atoms with Crippen LogP contribution in [0.3, 0.4) is 0 Å². The SMILES string of the molecule is COc1cc(CC(=O)OCC2=C[C@]3(O)C(=O)C(C)C[C@H]3[C@]34O[C@]5(Cc6ccccc6)O[C@H]([C@@H]3C2)[C@](C(C)C)(C[C@H]4C)O5)ccc1O. The van der Waals surface area contributed by atoms with E-state index < -0.39 is 34.7 Å². The first-order valence-corrected chi connectivity index (χ1v) is 16.5. The third-order valence-corrected chi connectivity index (χ3v) is 11.5. The summed E-state index contributed by atoms with van der Waals surface area (Å²) in [6.07, 6.45) is 3.25. The van der Waals surface area contributed by atoms with Crippen LogP contribution in [0.15, 0.2) is 60.2 Å². The highest BCUT2D eigenvalue weighted by molar-refractivity contribution is 5.94. The number of methoxy groups -OCH3 is 1. The number of aromatic hydroxyl groups is 1. The standard InChI is InChI=1S/C37H44O9/c1-21(2)35-17-23(4)37-27(33(35)44-36(45-35,46-37)19-24-9-7-6-8-10-24)14-26(18-34(41)30(37)13-22(3)32(34)40)20-43-31(39)16-25-11-12-28(38)29(15-25)42-5/h6-12,15,18,21-23,27,30,33,38,41H,13-14,16-17,19-20H2,1-5H3/t22?,23-,27+,30-,33-,34-,35-,36-,37-/m1/s1. The molecule has 2 saturated carbocycles. The van der Waals surface area contributed by atoms with E-state index in [2.05, 4.69) is 20.8 Å². The zero-order valence-corrected chi connectivity index (χ0v) is 27.2. The Bertz CT molecular complexity index is 1570. The van der Waals surface area contributed by atoms with E-state index in [1.165, 1.54) is 13.2 Å². The average molecular weight is 633 g/mol. The highest BCUT2D eigenvalue weighted by Gasteiger charge is 2.80. The molecule has 0 amide bonds. The first kappa shape index (κ1) is 31.4. The number of hydrogen-bond donors (Lipinski definition) is 2. The van der Waals surface area contributed by atoms with Gasteiger partial charge in [-0.05, 0) is 66.0 Å². The molecule has 2 aromatic carbocycles. The normalized spacial score (nSPS) is 39.1. The summed E-state index contributed by atoms with van der Waals surface area (Å²) in [6.45, 7) is 8.27. The highest BCUT2D eigenvalue weighted by atomic mass is 16.9. The summed E-state index contributed by atoms with van der Waals surface area (Å²) in [5.41, 5.74) is -1.01. The van der Waals surface area contributed by atoms with Crippen molar-refractivity contribution in [2.75, 3.05) is 13.7 Å². The Hall–Kier alpha value is -3.24. The summed E-state index contributed by atoms with van der Waals surface area (Å²) < 4.78 is 32.1. The van der Waals surface area contributed by atoms with Crippen LogP contribution >= 0.6 is 0 Å². The molecule has 4 fully saturated rings. The van der Waals surface area contributed by atoms with E-state index in [-0.39, 0.29) is 60.1 Å². The topological polar surface area (TPSA) is 121 Å². The molecule has 3 bridgehead atoms. The lowest BCUT2D eigenvalue weighted by Gasteiger charge is -2.60. The molecule has 0 spiro atoms. The van der Waals surface area contributed by atoms with Crippen molar-refractivity contribution >= 4 is 11.8 Å². The van der Waals surface area contributed by atoms with Crippen molar-refractivity contribution in [3.8, 4) is 11.5 Å². The van der Waals surface area contributed by atoms with Crippen LogP contribution in [-0.2, 0) is 41.4 Å². The predicted molar refractivity (Wildman–Crippen MR) is 167 cm³/mol. The molecule has 46 heavy (non-hydrogen) atoms. The van der Waals surface area contributed by atoms with Gasteiger partial charge in [-0.1, -0.05) is 64.1 Å². The van der Waals surface area contributed by atoms with Crippen molar-refractivity contribution in [2.24, 2.45) is 29.6 Å². The molecule has 0 aromatic heterocycles. The van der Waals surface area contributed by atoms with Crippen molar-refractivity contribution in [2.45, 2.75) is 88.7 Å². The van der Waals surface area contributed by atoms with E-state index >= 15 is 0 Å². The zero-order chi connectivity index (χ0) is 32.6. The molecule has 0 radical (unpaired) electrons. The van der Waals surface area contributed by atoms with E-state index in [1.807, 2.05) is 37.3 Å². The van der Waals surface area contributed by atoms with Crippen LogP contribution in [0.4, 0.5) is 0 Å². The van der Waals surface area contributed by atoms with Gasteiger partial charge < -0.3 is 33.9 Å². The second kappa shape index (κ2) is 10.9. The molecule has 1 unspecified atom stereocenters. The molecule has 2 N–H and O–H groups in total. The average Bonchev–Trinajstić information content (AvgIpc) is 3.32. The fourth-order valence-electron chi connectivity index (χ4n) is 9.44.